The maximum atomic E-state index is 12.2. The molecule has 1 heterocycles. The van der Waals surface area contributed by atoms with Gasteiger partial charge in [0, 0.05) is 11.6 Å². The lowest BCUT2D eigenvalue weighted by Crippen LogP contribution is -2.25. The van der Waals surface area contributed by atoms with Crippen LogP contribution in [0.2, 0.25) is 5.02 Å². The van der Waals surface area contributed by atoms with E-state index in [-0.39, 0.29) is 13.5 Å². The van der Waals surface area contributed by atoms with Crippen molar-refractivity contribution in [1.29, 1.82) is 0 Å². The summed E-state index contributed by atoms with van der Waals surface area (Å²) in [6.07, 6.45) is 1.25. The zero-order valence-corrected chi connectivity index (χ0v) is 13.6. The summed E-state index contributed by atoms with van der Waals surface area (Å²) in [7, 11) is 1.36. The molecule has 0 aliphatic heterocycles. The van der Waals surface area contributed by atoms with Crippen LogP contribution in [0.5, 0.6) is 0 Å². The summed E-state index contributed by atoms with van der Waals surface area (Å²) in [6.45, 7) is 0. The van der Waals surface area contributed by atoms with Gasteiger partial charge in [0.15, 0.2) is 0 Å². The van der Waals surface area contributed by atoms with Gasteiger partial charge in [0.25, 0.3) is 0 Å². The number of ether oxygens (including phenoxy) is 1. The van der Waals surface area contributed by atoms with Gasteiger partial charge in [0.05, 0.1) is 29.0 Å². The molecule has 0 spiro atoms. The lowest BCUT2D eigenvalue weighted by molar-refractivity contribution is 0.181. The van der Waals surface area contributed by atoms with Gasteiger partial charge in [0.1, 0.15) is 0 Å². The summed E-state index contributed by atoms with van der Waals surface area (Å²) in [6, 6.07) is 14.9. The first kappa shape index (κ1) is 16.3. The Hall–Kier alpha value is -2.11. The number of hydrogen-bond donors (Lipinski definition) is 1. The van der Waals surface area contributed by atoms with Crippen molar-refractivity contribution in [2.75, 3.05) is 12.0 Å². The summed E-state index contributed by atoms with van der Waals surface area (Å²) < 4.78 is 4.92. The lowest BCUT2D eigenvalue weighted by Gasteiger charge is -2.22. The Bertz CT molecular complexity index is 789. The Labute approximate surface area is 140 Å². The highest BCUT2D eigenvalue weighted by atomic mass is 35.5. The molecule has 0 aliphatic rings. The molecule has 114 valence electrons. The minimum atomic E-state index is -0.459. The van der Waals surface area contributed by atoms with Gasteiger partial charge in [-0.1, -0.05) is 41.9 Å². The van der Waals surface area contributed by atoms with E-state index in [4.69, 9.17) is 16.3 Å². The lowest BCUT2D eigenvalue weighted by atomic mass is 10.2. The predicted octanol–water partition coefficient (Wildman–Crippen LogP) is 4.84. The van der Waals surface area contributed by atoms with E-state index in [1.807, 2.05) is 48.5 Å². The number of nitrogens with zero attached hydrogens (tertiary/aromatic N) is 1. The molecule has 0 unspecified atom stereocenters. The van der Waals surface area contributed by atoms with Crippen molar-refractivity contribution in [1.82, 2.24) is 4.98 Å². The highest BCUT2D eigenvalue weighted by Gasteiger charge is 2.21. The standard InChI is InChI=1S/C16H13ClN2O2.H2S/c1-21-16(20)19(11-6-3-2-4-7-11)14-9-5-8-12-13(17)10-18-15(12)14;/h2-10,18H,1H3;1H2. The monoisotopic (exact) mass is 334 g/mol. The van der Waals surface area contributed by atoms with E-state index in [0.717, 1.165) is 16.6 Å². The van der Waals surface area contributed by atoms with Crippen LogP contribution in [0.3, 0.4) is 0 Å². The van der Waals surface area contributed by atoms with Gasteiger partial charge < -0.3 is 9.72 Å². The number of para-hydroxylation sites is 2. The third-order valence-electron chi connectivity index (χ3n) is 3.26. The Morgan fingerprint density at radius 2 is 1.86 bits per heavy atom. The molecule has 1 aromatic heterocycles. The van der Waals surface area contributed by atoms with E-state index in [0.29, 0.717) is 10.7 Å². The van der Waals surface area contributed by atoms with Crippen molar-refractivity contribution in [3.8, 4) is 0 Å². The normalized spacial score (nSPS) is 10.1. The minimum absolute atomic E-state index is 0. The van der Waals surface area contributed by atoms with Gasteiger partial charge in [-0.15, -0.1) is 0 Å². The fourth-order valence-electron chi connectivity index (χ4n) is 2.30. The fraction of sp³-hybridized carbons (Fsp3) is 0.0625. The summed E-state index contributed by atoms with van der Waals surface area (Å²) in [4.78, 5) is 16.8. The van der Waals surface area contributed by atoms with E-state index in [9.17, 15) is 4.79 Å². The third kappa shape index (κ3) is 2.77. The van der Waals surface area contributed by atoms with Crippen LogP contribution in [0.1, 0.15) is 0 Å². The van der Waals surface area contributed by atoms with Crippen molar-refractivity contribution in [3.63, 3.8) is 0 Å². The van der Waals surface area contributed by atoms with Crippen LogP contribution in [0.15, 0.2) is 54.7 Å². The second kappa shape index (κ2) is 6.77. The van der Waals surface area contributed by atoms with E-state index >= 15 is 0 Å². The van der Waals surface area contributed by atoms with Gasteiger partial charge in [-0.3, -0.25) is 0 Å². The summed E-state index contributed by atoms with van der Waals surface area (Å²) in [5.74, 6) is 0. The molecule has 0 saturated heterocycles. The Balaban J connectivity index is 0.00000176. The maximum absolute atomic E-state index is 12.2. The second-order valence-electron chi connectivity index (χ2n) is 4.48. The Morgan fingerprint density at radius 3 is 2.55 bits per heavy atom. The van der Waals surface area contributed by atoms with Crippen molar-refractivity contribution in [2.24, 2.45) is 0 Å². The molecule has 2 aromatic carbocycles. The molecule has 3 rings (SSSR count). The molecule has 0 saturated carbocycles. The van der Waals surface area contributed by atoms with Crippen molar-refractivity contribution < 1.29 is 9.53 Å². The summed E-state index contributed by atoms with van der Waals surface area (Å²) >= 11 is 6.14. The average molecular weight is 335 g/mol. The number of nitrogens with one attached hydrogen (secondary N) is 1. The number of H-pyrrole nitrogens is 1. The number of benzene rings is 2. The number of methoxy groups -OCH3 is 1. The van der Waals surface area contributed by atoms with E-state index in [1.165, 1.54) is 12.0 Å². The number of aromatic nitrogens is 1. The highest BCUT2D eigenvalue weighted by molar-refractivity contribution is 7.59. The first-order valence-electron chi connectivity index (χ1n) is 6.41. The molecule has 22 heavy (non-hydrogen) atoms. The van der Waals surface area contributed by atoms with Crippen LogP contribution >= 0.6 is 25.1 Å². The third-order valence-corrected chi connectivity index (χ3v) is 3.57. The number of fused-ring (bicyclic) bond motifs is 1. The first-order valence-corrected chi connectivity index (χ1v) is 6.79. The molecule has 3 aromatic rings. The van der Waals surface area contributed by atoms with E-state index in [1.54, 1.807) is 6.20 Å². The number of anilines is 2. The van der Waals surface area contributed by atoms with Gasteiger partial charge in [-0.2, -0.15) is 13.5 Å². The highest BCUT2D eigenvalue weighted by Crippen LogP contribution is 2.34. The molecule has 1 amide bonds. The van der Waals surface area contributed by atoms with Crippen LogP contribution in [0, 0.1) is 0 Å². The molecular weight excluding hydrogens is 320 g/mol. The number of carbonyl (C=O) groups is 1. The zero-order chi connectivity index (χ0) is 14.8. The van der Waals surface area contributed by atoms with E-state index < -0.39 is 6.09 Å². The van der Waals surface area contributed by atoms with Crippen molar-refractivity contribution in [3.05, 3.63) is 59.8 Å². The summed E-state index contributed by atoms with van der Waals surface area (Å²) in [5, 5.41) is 1.48. The molecule has 1 N–H and O–H groups in total. The van der Waals surface area contributed by atoms with Gasteiger partial charge in [-0.05, 0) is 18.2 Å². The quantitative estimate of drug-likeness (QED) is 0.729. The molecule has 4 nitrogen and oxygen atoms in total. The zero-order valence-electron chi connectivity index (χ0n) is 11.8. The van der Waals surface area contributed by atoms with Gasteiger partial charge >= 0.3 is 6.09 Å². The largest absolute Gasteiger partial charge is 0.452 e. The van der Waals surface area contributed by atoms with Crippen molar-refractivity contribution >= 4 is 53.5 Å². The number of aromatic amines is 1. The SMILES string of the molecule is COC(=O)N(c1ccccc1)c1cccc2c(Cl)c[nH]c12.S. The van der Waals surface area contributed by atoms with E-state index in [2.05, 4.69) is 4.98 Å². The maximum Gasteiger partial charge on any atom is 0.418 e. The molecule has 0 radical (unpaired) electrons. The Kier molecular flexibility index (Phi) is 5.00. The second-order valence-corrected chi connectivity index (χ2v) is 4.88. The Morgan fingerprint density at radius 1 is 1.14 bits per heavy atom. The van der Waals surface area contributed by atoms with Crippen LogP contribution in [-0.2, 0) is 4.74 Å². The molecule has 0 atom stereocenters. The van der Waals surface area contributed by atoms with Crippen LogP contribution in [0.25, 0.3) is 10.9 Å². The average Bonchev–Trinajstić information content (AvgIpc) is 2.91. The number of carbonyl (C=O) groups excluding carboxylic acids is 1. The minimum Gasteiger partial charge on any atom is -0.452 e. The van der Waals surface area contributed by atoms with Crippen LogP contribution in [0.4, 0.5) is 16.2 Å². The first-order chi connectivity index (χ1) is 10.2. The van der Waals surface area contributed by atoms with Gasteiger partial charge in [-0.25, -0.2) is 9.69 Å². The van der Waals surface area contributed by atoms with Gasteiger partial charge in [0.2, 0.25) is 0 Å². The molecule has 6 heteroatoms. The molecule has 0 aliphatic carbocycles. The summed E-state index contributed by atoms with van der Waals surface area (Å²) in [5.41, 5.74) is 2.21. The van der Waals surface area contributed by atoms with Crippen molar-refractivity contribution in [2.45, 2.75) is 0 Å². The molecular formula is C16H15ClN2O2S. The van der Waals surface area contributed by atoms with Crippen LogP contribution in [-0.4, -0.2) is 18.2 Å². The number of hydrogen-bond acceptors (Lipinski definition) is 2. The number of halogens is 1. The van der Waals surface area contributed by atoms with Crippen LogP contribution < -0.4 is 4.90 Å². The topological polar surface area (TPSA) is 45.3 Å². The smallest absolute Gasteiger partial charge is 0.418 e. The number of amides is 1. The predicted molar refractivity (Wildman–Crippen MR) is 94.7 cm³/mol. The number of rotatable bonds is 2. The molecule has 0 bridgehead atoms. The molecule has 0 fully saturated rings. The fourth-order valence-corrected chi connectivity index (χ4v) is 2.51.